The molecule has 0 bridgehead atoms. The van der Waals surface area contributed by atoms with Crippen LogP contribution < -0.4 is 13.9 Å². The predicted octanol–water partition coefficient (Wildman–Crippen LogP) is 2.09. The molecule has 2 aromatic carbocycles. The van der Waals surface area contributed by atoms with Gasteiger partial charge in [-0.2, -0.15) is 0 Å². The molecule has 1 atom stereocenters. The highest BCUT2D eigenvalue weighted by molar-refractivity contribution is 7.92. The Kier molecular flexibility index (Phi) is 5.55. The third-order valence-corrected chi connectivity index (χ3v) is 7.24. The van der Waals surface area contributed by atoms with Gasteiger partial charge in [0, 0.05) is 31.9 Å². The van der Waals surface area contributed by atoms with Crippen LogP contribution in [-0.4, -0.2) is 63.8 Å². The van der Waals surface area contributed by atoms with Gasteiger partial charge in [-0.05, 0) is 43.3 Å². The molecule has 0 radical (unpaired) electrons. The number of sulfonamides is 1. The SMILES string of the molecule is CCS(=O)(=O)N1C[C@@H](C(=O)N2CCN(c3ccc(F)cc3)CC2)Oc2ccccc21. The zero-order valence-corrected chi connectivity index (χ0v) is 17.5. The zero-order chi connectivity index (χ0) is 21.3. The number of halogens is 1. The number of benzene rings is 2. The molecule has 2 aliphatic rings. The van der Waals surface area contributed by atoms with Gasteiger partial charge in [-0.3, -0.25) is 9.10 Å². The van der Waals surface area contributed by atoms with Gasteiger partial charge in [0.1, 0.15) is 11.6 Å². The number of fused-ring (bicyclic) bond motifs is 1. The number of piperazine rings is 1. The number of amides is 1. The van der Waals surface area contributed by atoms with E-state index in [4.69, 9.17) is 4.74 Å². The first-order valence-electron chi connectivity index (χ1n) is 9.94. The van der Waals surface area contributed by atoms with Crippen LogP contribution in [0.5, 0.6) is 5.75 Å². The summed E-state index contributed by atoms with van der Waals surface area (Å²) in [6.07, 6.45) is -0.890. The lowest BCUT2D eigenvalue weighted by Gasteiger charge is -2.40. The Morgan fingerprint density at radius 3 is 2.40 bits per heavy atom. The number of hydrogen-bond acceptors (Lipinski definition) is 5. The van der Waals surface area contributed by atoms with Gasteiger partial charge in [0.25, 0.3) is 5.91 Å². The molecule has 4 rings (SSSR count). The fourth-order valence-electron chi connectivity index (χ4n) is 3.79. The summed E-state index contributed by atoms with van der Waals surface area (Å²) in [7, 11) is -3.54. The van der Waals surface area contributed by atoms with E-state index in [9.17, 15) is 17.6 Å². The van der Waals surface area contributed by atoms with Crippen molar-refractivity contribution in [2.75, 3.05) is 47.7 Å². The van der Waals surface area contributed by atoms with Crippen LogP contribution in [0.25, 0.3) is 0 Å². The van der Waals surface area contributed by atoms with Gasteiger partial charge in [0.15, 0.2) is 6.10 Å². The summed E-state index contributed by atoms with van der Waals surface area (Å²) in [6.45, 7) is 3.73. The highest BCUT2D eigenvalue weighted by Gasteiger charge is 2.38. The number of anilines is 2. The van der Waals surface area contributed by atoms with E-state index >= 15 is 0 Å². The van der Waals surface area contributed by atoms with Gasteiger partial charge < -0.3 is 14.5 Å². The van der Waals surface area contributed by atoms with E-state index in [1.807, 2.05) is 0 Å². The Labute approximate surface area is 175 Å². The van der Waals surface area contributed by atoms with Gasteiger partial charge in [0.05, 0.1) is 18.0 Å². The van der Waals surface area contributed by atoms with Crippen molar-refractivity contribution >= 4 is 27.3 Å². The van der Waals surface area contributed by atoms with Crippen LogP contribution in [0.3, 0.4) is 0 Å². The number of nitrogens with zero attached hydrogens (tertiary/aromatic N) is 3. The first-order chi connectivity index (χ1) is 14.4. The van der Waals surface area contributed by atoms with Crippen molar-refractivity contribution in [3.8, 4) is 5.75 Å². The van der Waals surface area contributed by atoms with Crippen LogP contribution in [0.1, 0.15) is 6.92 Å². The molecule has 7 nitrogen and oxygen atoms in total. The van der Waals surface area contributed by atoms with Gasteiger partial charge in [-0.25, -0.2) is 12.8 Å². The summed E-state index contributed by atoms with van der Waals surface area (Å²) in [4.78, 5) is 16.9. The van der Waals surface area contributed by atoms with Crippen molar-refractivity contribution in [1.29, 1.82) is 0 Å². The molecule has 0 saturated carbocycles. The number of rotatable bonds is 4. The van der Waals surface area contributed by atoms with Gasteiger partial charge in [-0.1, -0.05) is 12.1 Å². The Hall–Kier alpha value is -2.81. The van der Waals surface area contributed by atoms with Crippen LogP contribution in [-0.2, 0) is 14.8 Å². The van der Waals surface area contributed by atoms with Crippen molar-refractivity contribution < 1.29 is 22.3 Å². The highest BCUT2D eigenvalue weighted by Crippen LogP contribution is 2.35. The minimum Gasteiger partial charge on any atom is -0.476 e. The maximum absolute atomic E-state index is 13.1. The molecule has 160 valence electrons. The predicted molar refractivity (Wildman–Crippen MR) is 113 cm³/mol. The fraction of sp³-hybridized carbons (Fsp3) is 0.381. The van der Waals surface area contributed by atoms with Crippen molar-refractivity contribution in [2.45, 2.75) is 13.0 Å². The molecule has 1 saturated heterocycles. The Bertz CT molecular complexity index is 1020. The largest absolute Gasteiger partial charge is 0.476 e. The highest BCUT2D eigenvalue weighted by atomic mass is 32.2. The third-order valence-electron chi connectivity index (χ3n) is 5.49. The zero-order valence-electron chi connectivity index (χ0n) is 16.7. The van der Waals surface area contributed by atoms with E-state index in [0.29, 0.717) is 37.6 Å². The molecule has 0 aliphatic carbocycles. The second kappa shape index (κ2) is 8.14. The first kappa shape index (κ1) is 20.5. The molecule has 0 spiro atoms. The van der Waals surface area contributed by atoms with E-state index in [2.05, 4.69) is 4.90 Å². The number of ether oxygens (including phenoxy) is 1. The molecule has 9 heteroatoms. The lowest BCUT2D eigenvalue weighted by molar-refractivity contribution is -0.138. The Balaban J connectivity index is 1.47. The second-order valence-electron chi connectivity index (χ2n) is 7.29. The average molecular weight is 434 g/mol. The molecular weight excluding hydrogens is 409 g/mol. The average Bonchev–Trinajstić information content (AvgIpc) is 2.78. The molecule has 1 fully saturated rings. The fourth-order valence-corrected chi connectivity index (χ4v) is 4.92. The van der Waals surface area contributed by atoms with E-state index in [0.717, 1.165) is 5.69 Å². The standard InChI is InChI=1S/C21H24FN3O4S/c1-2-30(27,28)25-15-20(29-19-6-4-3-5-18(19)25)21(26)24-13-11-23(12-14-24)17-9-7-16(22)8-10-17/h3-10,20H,2,11-15H2,1H3/t20-/m0/s1. The number of para-hydroxylation sites is 2. The lowest BCUT2D eigenvalue weighted by Crippen LogP contribution is -2.56. The number of carbonyl (C=O) groups is 1. The van der Waals surface area contributed by atoms with Crippen LogP contribution in [0.4, 0.5) is 15.8 Å². The quantitative estimate of drug-likeness (QED) is 0.739. The van der Waals surface area contributed by atoms with E-state index < -0.39 is 16.1 Å². The maximum atomic E-state index is 13.1. The molecule has 0 N–H and O–H groups in total. The van der Waals surface area contributed by atoms with Gasteiger partial charge in [0.2, 0.25) is 10.0 Å². The minimum atomic E-state index is -3.54. The summed E-state index contributed by atoms with van der Waals surface area (Å²) in [6, 6.07) is 13.2. The molecule has 1 amide bonds. The van der Waals surface area contributed by atoms with Crippen molar-refractivity contribution in [2.24, 2.45) is 0 Å². The third kappa shape index (κ3) is 3.94. The lowest BCUT2D eigenvalue weighted by atomic mass is 10.2. The molecule has 30 heavy (non-hydrogen) atoms. The summed E-state index contributed by atoms with van der Waals surface area (Å²) in [5, 5.41) is 0. The Morgan fingerprint density at radius 2 is 1.73 bits per heavy atom. The molecular formula is C21H24FN3O4S. The second-order valence-corrected chi connectivity index (χ2v) is 9.48. The topological polar surface area (TPSA) is 70.2 Å². The van der Waals surface area contributed by atoms with Gasteiger partial charge >= 0.3 is 0 Å². The van der Waals surface area contributed by atoms with Crippen LogP contribution in [0.15, 0.2) is 48.5 Å². The number of hydrogen-bond donors (Lipinski definition) is 0. The normalized spacial score (nSPS) is 19.3. The van der Waals surface area contributed by atoms with Crippen LogP contribution in [0.2, 0.25) is 0 Å². The summed E-state index contributed by atoms with van der Waals surface area (Å²) < 4.78 is 45.5. The van der Waals surface area contributed by atoms with E-state index in [1.54, 1.807) is 48.2 Å². The molecule has 2 heterocycles. The van der Waals surface area contributed by atoms with Crippen molar-refractivity contribution in [1.82, 2.24) is 4.90 Å². The molecule has 0 aromatic heterocycles. The summed E-state index contributed by atoms with van der Waals surface area (Å²) >= 11 is 0. The molecule has 2 aliphatic heterocycles. The molecule has 0 unspecified atom stereocenters. The summed E-state index contributed by atoms with van der Waals surface area (Å²) in [5.41, 5.74) is 1.37. The molecule has 2 aromatic rings. The van der Waals surface area contributed by atoms with Crippen LogP contribution >= 0.6 is 0 Å². The number of carbonyl (C=O) groups excluding carboxylic acids is 1. The monoisotopic (exact) mass is 433 g/mol. The van der Waals surface area contributed by atoms with Crippen molar-refractivity contribution in [3.05, 3.63) is 54.3 Å². The first-order valence-corrected chi connectivity index (χ1v) is 11.6. The minimum absolute atomic E-state index is 0.0375. The van der Waals surface area contributed by atoms with Crippen LogP contribution in [0, 0.1) is 5.82 Å². The van der Waals surface area contributed by atoms with Crippen molar-refractivity contribution in [3.63, 3.8) is 0 Å². The van der Waals surface area contributed by atoms with Gasteiger partial charge in [-0.15, -0.1) is 0 Å². The van der Waals surface area contributed by atoms with E-state index in [1.165, 1.54) is 16.4 Å². The maximum Gasteiger partial charge on any atom is 0.265 e. The smallest absolute Gasteiger partial charge is 0.265 e. The summed E-state index contributed by atoms with van der Waals surface area (Å²) in [5.74, 6) is -0.170. The van der Waals surface area contributed by atoms with E-state index in [-0.39, 0.29) is 24.0 Å². The Morgan fingerprint density at radius 1 is 1.07 bits per heavy atom.